The normalized spacial score (nSPS) is 27.6. The Bertz CT molecular complexity index is 1480. The minimum Gasteiger partial charge on any atom is -0.344 e. The molecule has 0 radical (unpaired) electrons. The molecule has 0 spiro atoms. The Morgan fingerprint density at radius 1 is 0.600 bits per heavy atom. The summed E-state index contributed by atoms with van der Waals surface area (Å²) in [5.74, 6) is -29.4. The Kier molecular flexibility index (Phi) is 9.25. The van der Waals surface area contributed by atoms with E-state index in [9.17, 15) is 34.4 Å². The maximum absolute atomic E-state index is 15.8. The van der Waals surface area contributed by atoms with Crippen LogP contribution < -0.4 is 0 Å². The number of hydrogen-bond donors (Lipinski definition) is 0. The Morgan fingerprint density at radius 3 is 1.20 bits per heavy atom. The monoisotopic (exact) mass is 694 g/mol. The summed E-state index contributed by atoms with van der Waals surface area (Å²) in [4.78, 5) is -0.505. The van der Waals surface area contributed by atoms with Gasteiger partial charge in [0.25, 0.3) is 0 Å². The van der Waals surface area contributed by atoms with E-state index < -0.39 is 93.8 Å². The van der Waals surface area contributed by atoms with Gasteiger partial charge in [-0.25, -0.2) is 16.8 Å². The molecule has 2 saturated heterocycles. The van der Waals surface area contributed by atoms with Crippen LogP contribution in [0.5, 0.6) is 0 Å². The first-order valence-electron chi connectivity index (χ1n) is 13.7. The molecular weight excluding hydrogens is 664 g/mol. The molecule has 2 aliphatic rings. The first-order valence-corrected chi connectivity index (χ1v) is 17.0. The molecule has 4 rings (SSSR count). The molecule has 7 nitrogen and oxygen atoms in total. The van der Waals surface area contributed by atoms with E-state index in [1.165, 1.54) is 13.8 Å². The lowest BCUT2D eigenvalue weighted by molar-refractivity contribution is -0.505. The van der Waals surface area contributed by atoms with E-state index in [0.717, 1.165) is 48.5 Å². The lowest BCUT2D eigenvalue weighted by Crippen LogP contribution is -2.74. The summed E-state index contributed by atoms with van der Waals surface area (Å²) in [6, 6.07) is 7.71. The van der Waals surface area contributed by atoms with Gasteiger partial charge in [-0.3, -0.25) is 0 Å². The number of hydrogen-bond acceptors (Lipinski definition) is 7. The van der Waals surface area contributed by atoms with E-state index in [1.807, 2.05) is 0 Å². The van der Waals surface area contributed by atoms with Crippen LogP contribution in [0.2, 0.25) is 0 Å². The number of sulfone groups is 2. The molecule has 2 aromatic carbocycles. The maximum atomic E-state index is 15.8. The highest BCUT2D eigenvalue weighted by atomic mass is 32.2. The number of rotatable bonds is 10. The van der Waals surface area contributed by atoms with Crippen molar-refractivity contribution in [3.8, 4) is 0 Å². The molecule has 0 aliphatic carbocycles. The molecule has 0 N–H and O–H groups in total. The molecule has 0 aromatic heterocycles. The molecule has 2 unspecified atom stereocenters. The highest BCUT2D eigenvalue weighted by molar-refractivity contribution is 7.91. The summed E-state index contributed by atoms with van der Waals surface area (Å²) in [7, 11) is -7.57. The lowest BCUT2D eigenvalue weighted by atomic mass is 9.87. The zero-order chi connectivity index (χ0) is 33.7. The van der Waals surface area contributed by atoms with Gasteiger partial charge in [-0.1, -0.05) is 38.1 Å². The molecule has 0 amide bonds. The fraction of sp³-hybridized carbons (Fsp3) is 0.571. The summed E-state index contributed by atoms with van der Waals surface area (Å²) >= 11 is 0. The van der Waals surface area contributed by atoms with Crippen molar-refractivity contribution in [3.05, 3.63) is 59.7 Å². The third-order valence-electron chi connectivity index (χ3n) is 7.91. The minimum absolute atomic E-state index is 0.253. The summed E-state index contributed by atoms with van der Waals surface area (Å²) in [6.45, 7) is 0.347. The van der Waals surface area contributed by atoms with E-state index in [0.29, 0.717) is 0 Å². The molecule has 17 heteroatoms. The van der Waals surface area contributed by atoms with E-state index >= 15 is 17.6 Å². The van der Waals surface area contributed by atoms with Crippen molar-refractivity contribution >= 4 is 19.7 Å². The van der Waals surface area contributed by atoms with Gasteiger partial charge in [0.2, 0.25) is 11.6 Å². The van der Waals surface area contributed by atoms with Crippen molar-refractivity contribution in [1.82, 2.24) is 0 Å². The standard InChI is InChI=1S/C28H30F8O7S2/c1-3-44(37,38)21-9-5-19(6-10-21)17-25(27(33,34)23(29,30)13-15-41-25)43-26(28(35,36)24(31,32)14-16-42-26)18-20-7-11-22(12-8-20)45(39,40)4-2/h5-12H,3-4,13-18H2,1-2H3. The van der Waals surface area contributed by atoms with Crippen LogP contribution in [0.25, 0.3) is 0 Å². The maximum Gasteiger partial charge on any atom is 0.363 e. The molecule has 2 atom stereocenters. The zero-order valence-corrected chi connectivity index (χ0v) is 25.6. The van der Waals surface area contributed by atoms with Crippen molar-refractivity contribution < 1.29 is 66.2 Å². The fourth-order valence-corrected chi connectivity index (χ4v) is 6.86. The van der Waals surface area contributed by atoms with Gasteiger partial charge in [-0.15, -0.1) is 0 Å². The Morgan fingerprint density at radius 2 is 0.911 bits per heavy atom. The Labute approximate surface area is 254 Å². The van der Waals surface area contributed by atoms with Gasteiger partial charge in [0, 0.05) is 25.7 Å². The van der Waals surface area contributed by atoms with Crippen LogP contribution in [0.3, 0.4) is 0 Å². The summed E-state index contributed by atoms with van der Waals surface area (Å²) in [5, 5.41) is 0. The smallest absolute Gasteiger partial charge is 0.344 e. The predicted molar refractivity (Wildman–Crippen MR) is 143 cm³/mol. The molecule has 2 fully saturated rings. The summed E-state index contributed by atoms with van der Waals surface area (Å²) in [5.41, 5.74) is -0.671. The second kappa shape index (κ2) is 11.7. The van der Waals surface area contributed by atoms with Gasteiger partial charge in [0.05, 0.1) is 34.5 Å². The Balaban J connectivity index is 1.87. The van der Waals surface area contributed by atoms with Gasteiger partial charge >= 0.3 is 23.7 Å². The van der Waals surface area contributed by atoms with Crippen molar-refractivity contribution in [2.24, 2.45) is 0 Å². The van der Waals surface area contributed by atoms with Gasteiger partial charge in [-0.05, 0) is 35.4 Å². The molecular formula is C28H30F8O7S2. The van der Waals surface area contributed by atoms with E-state index in [4.69, 9.17) is 14.2 Å². The van der Waals surface area contributed by atoms with E-state index in [-0.39, 0.29) is 32.4 Å². The molecule has 252 valence electrons. The molecule has 45 heavy (non-hydrogen) atoms. The first kappa shape index (κ1) is 35.5. The average Bonchev–Trinajstić information content (AvgIpc) is 2.95. The van der Waals surface area contributed by atoms with Crippen LogP contribution in [0.4, 0.5) is 35.1 Å². The van der Waals surface area contributed by atoms with Crippen LogP contribution >= 0.6 is 0 Å². The zero-order valence-electron chi connectivity index (χ0n) is 24.0. The fourth-order valence-electron chi connectivity index (χ4n) is 5.09. The largest absolute Gasteiger partial charge is 0.363 e. The van der Waals surface area contributed by atoms with Crippen LogP contribution in [-0.2, 0) is 46.7 Å². The summed E-state index contributed by atoms with van der Waals surface area (Å²) in [6.07, 6.45) is -5.95. The SMILES string of the molecule is CCS(=O)(=O)c1ccc(CC2(OC3(Cc4ccc(S(=O)(=O)CC)cc4)OCCC(F)(F)C3(F)F)OCCC(F)(F)C2(F)F)cc1. The van der Waals surface area contributed by atoms with Gasteiger partial charge in [0.15, 0.2) is 19.7 Å². The van der Waals surface area contributed by atoms with Crippen molar-refractivity contribution in [3.63, 3.8) is 0 Å². The Hall–Kier alpha value is -2.34. The van der Waals surface area contributed by atoms with Crippen LogP contribution in [0.15, 0.2) is 58.3 Å². The highest BCUT2D eigenvalue weighted by Gasteiger charge is 2.80. The topological polar surface area (TPSA) is 96.0 Å². The average molecular weight is 695 g/mol. The molecule has 2 heterocycles. The van der Waals surface area contributed by atoms with Crippen LogP contribution in [0, 0.1) is 0 Å². The molecule has 2 aromatic rings. The van der Waals surface area contributed by atoms with Gasteiger partial charge in [-0.2, -0.15) is 35.1 Å². The number of benzene rings is 2. The van der Waals surface area contributed by atoms with Crippen molar-refractivity contribution in [1.29, 1.82) is 0 Å². The molecule has 0 bridgehead atoms. The molecule has 0 saturated carbocycles. The van der Waals surface area contributed by atoms with E-state index in [1.54, 1.807) is 0 Å². The molecule has 2 aliphatic heterocycles. The second-order valence-electron chi connectivity index (χ2n) is 10.8. The first-order chi connectivity index (χ1) is 20.6. The van der Waals surface area contributed by atoms with Crippen LogP contribution in [0.1, 0.15) is 37.8 Å². The number of halogens is 8. The van der Waals surface area contributed by atoms with Gasteiger partial charge < -0.3 is 14.2 Å². The highest BCUT2D eigenvalue weighted by Crippen LogP contribution is 2.58. The quantitative estimate of drug-likeness (QED) is 0.288. The van der Waals surface area contributed by atoms with E-state index in [2.05, 4.69) is 0 Å². The lowest BCUT2D eigenvalue weighted by Gasteiger charge is -2.54. The second-order valence-corrected chi connectivity index (χ2v) is 15.4. The van der Waals surface area contributed by atoms with Crippen molar-refractivity contribution in [2.45, 2.75) is 84.6 Å². The number of ether oxygens (including phenoxy) is 3. The van der Waals surface area contributed by atoms with Crippen LogP contribution in [-0.4, -0.2) is 76.8 Å². The van der Waals surface area contributed by atoms with Crippen molar-refractivity contribution in [2.75, 3.05) is 24.7 Å². The third-order valence-corrected chi connectivity index (χ3v) is 11.4. The summed E-state index contributed by atoms with van der Waals surface area (Å²) < 4.78 is 187. The van der Waals surface area contributed by atoms with Gasteiger partial charge in [0.1, 0.15) is 0 Å². The number of alkyl halides is 8. The predicted octanol–water partition coefficient (Wildman–Crippen LogP) is 5.85. The minimum atomic E-state index is -5.41. The third kappa shape index (κ3) is 6.10.